The molecule has 0 amide bonds. The Bertz CT molecular complexity index is 397. The normalized spacial score (nSPS) is 18.3. The van der Waals surface area contributed by atoms with Crippen molar-refractivity contribution in [2.75, 3.05) is 5.32 Å². The van der Waals surface area contributed by atoms with Crippen molar-refractivity contribution in [2.24, 2.45) is 5.92 Å². The minimum absolute atomic E-state index is 0.228. The molecule has 0 spiro atoms. The van der Waals surface area contributed by atoms with Crippen LogP contribution < -0.4 is 5.32 Å². The van der Waals surface area contributed by atoms with E-state index in [1.807, 2.05) is 0 Å². The van der Waals surface area contributed by atoms with Crippen LogP contribution in [0, 0.1) is 5.92 Å². The highest BCUT2D eigenvalue weighted by Crippen LogP contribution is 2.27. The van der Waals surface area contributed by atoms with E-state index in [0.717, 1.165) is 5.82 Å². The monoisotopic (exact) mass is 248 g/mol. The van der Waals surface area contributed by atoms with Gasteiger partial charge in [-0.05, 0) is 37.8 Å². The van der Waals surface area contributed by atoms with Crippen molar-refractivity contribution in [3.63, 3.8) is 0 Å². The van der Waals surface area contributed by atoms with Crippen LogP contribution in [0.3, 0.4) is 0 Å². The van der Waals surface area contributed by atoms with Gasteiger partial charge in [0.2, 0.25) is 0 Å². The lowest BCUT2D eigenvalue weighted by Crippen LogP contribution is -2.28. The Balaban J connectivity index is 1.93. The molecule has 1 aromatic rings. The van der Waals surface area contributed by atoms with Crippen LogP contribution in [0.1, 0.15) is 49.4 Å². The molecule has 1 fully saturated rings. The lowest BCUT2D eigenvalue weighted by molar-refractivity contribution is 0.0696. The zero-order valence-electron chi connectivity index (χ0n) is 10.7. The minimum atomic E-state index is -0.936. The number of aromatic nitrogens is 1. The summed E-state index contributed by atoms with van der Waals surface area (Å²) >= 11 is 0. The predicted molar refractivity (Wildman–Crippen MR) is 70.9 cm³/mol. The highest BCUT2D eigenvalue weighted by Gasteiger charge is 2.20. The first-order valence-electron chi connectivity index (χ1n) is 6.62. The first-order chi connectivity index (χ1) is 8.66. The summed E-state index contributed by atoms with van der Waals surface area (Å²) in [7, 11) is 0. The van der Waals surface area contributed by atoms with E-state index in [0.29, 0.717) is 12.0 Å². The van der Waals surface area contributed by atoms with Gasteiger partial charge in [0, 0.05) is 12.2 Å². The van der Waals surface area contributed by atoms with Gasteiger partial charge in [-0.1, -0.05) is 19.3 Å². The van der Waals surface area contributed by atoms with Crippen LogP contribution in [0.2, 0.25) is 0 Å². The molecular weight excluding hydrogens is 228 g/mol. The average Bonchev–Trinajstić information content (AvgIpc) is 2.40. The van der Waals surface area contributed by atoms with Gasteiger partial charge in [0.1, 0.15) is 5.82 Å². The number of carbonyl (C=O) groups is 1. The number of carboxylic acids is 1. The molecule has 1 heterocycles. The summed E-state index contributed by atoms with van der Waals surface area (Å²) < 4.78 is 0. The van der Waals surface area contributed by atoms with E-state index < -0.39 is 5.97 Å². The van der Waals surface area contributed by atoms with Crippen LogP contribution in [0.4, 0.5) is 5.82 Å². The van der Waals surface area contributed by atoms with E-state index in [2.05, 4.69) is 17.2 Å². The number of hydrogen-bond donors (Lipinski definition) is 2. The molecular formula is C14H20N2O2. The number of anilines is 1. The Morgan fingerprint density at radius 1 is 1.39 bits per heavy atom. The van der Waals surface area contributed by atoms with Crippen LogP contribution >= 0.6 is 0 Å². The van der Waals surface area contributed by atoms with Crippen LogP contribution in [-0.4, -0.2) is 22.1 Å². The molecule has 1 aliphatic carbocycles. The van der Waals surface area contributed by atoms with E-state index in [4.69, 9.17) is 5.11 Å². The number of carboxylic acid groups (broad SMARTS) is 1. The highest BCUT2D eigenvalue weighted by atomic mass is 16.4. The molecule has 4 nitrogen and oxygen atoms in total. The van der Waals surface area contributed by atoms with E-state index in [1.165, 1.54) is 38.3 Å². The predicted octanol–water partition coefficient (Wildman–Crippen LogP) is 3.16. The zero-order valence-corrected chi connectivity index (χ0v) is 10.7. The first-order valence-corrected chi connectivity index (χ1v) is 6.62. The highest BCUT2D eigenvalue weighted by molar-refractivity contribution is 5.87. The SMILES string of the molecule is CC(Nc1ccc(C(=O)O)cn1)C1CCCCC1. The average molecular weight is 248 g/mol. The van der Waals surface area contributed by atoms with Crippen LogP contribution in [-0.2, 0) is 0 Å². The summed E-state index contributed by atoms with van der Waals surface area (Å²) in [5.41, 5.74) is 0.228. The molecule has 1 aromatic heterocycles. The summed E-state index contributed by atoms with van der Waals surface area (Å²) in [6.07, 6.45) is 7.96. The Kier molecular flexibility index (Phi) is 4.18. The quantitative estimate of drug-likeness (QED) is 0.859. The molecule has 1 saturated carbocycles. The second kappa shape index (κ2) is 5.85. The maximum absolute atomic E-state index is 10.7. The second-order valence-electron chi connectivity index (χ2n) is 5.07. The molecule has 0 aliphatic heterocycles. The van der Waals surface area contributed by atoms with E-state index in [9.17, 15) is 4.79 Å². The fraction of sp³-hybridized carbons (Fsp3) is 0.571. The standard InChI is InChI=1S/C14H20N2O2/c1-10(11-5-3-2-4-6-11)16-13-8-7-12(9-15-13)14(17)18/h7-11H,2-6H2,1H3,(H,15,16)(H,17,18). The van der Waals surface area contributed by atoms with Crippen LogP contribution in [0.25, 0.3) is 0 Å². The molecule has 2 N–H and O–H groups in total. The summed E-state index contributed by atoms with van der Waals surface area (Å²) in [5.74, 6) is 0.534. The van der Waals surface area contributed by atoms with Gasteiger partial charge in [-0.2, -0.15) is 0 Å². The zero-order chi connectivity index (χ0) is 13.0. The van der Waals surface area contributed by atoms with Gasteiger partial charge < -0.3 is 10.4 Å². The van der Waals surface area contributed by atoms with Gasteiger partial charge >= 0.3 is 5.97 Å². The summed E-state index contributed by atoms with van der Waals surface area (Å²) in [6, 6.07) is 3.72. The van der Waals surface area contributed by atoms with Crippen molar-refractivity contribution in [2.45, 2.75) is 45.1 Å². The van der Waals surface area contributed by atoms with Crippen molar-refractivity contribution in [1.82, 2.24) is 4.98 Å². The van der Waals surface area contributed by atoms with Gasteiger partial charge in [-0.3, -0.25) is 0 Å². The molecule has 2 rings (SSSR count). The summed E-state index contributed by atoms with van der Waals surface area (Å²) in [6.45, 7) is 2.18. The maximum Gasteiger partial charge on any atom is 0.337 e. The third-order valence-corrected chi connectivity index (χ3v) is 3.74. The number of rotatable bonds is 4. The molecule has 18 heavy (non-hydrogen) atoms. The van der Waals surface area contributed by atoms with Crippen LogP contribution in [0.15, 0.2) is 18.3 Å². The van der Waals surface area contributed by atoms with Gasteiger partial charge in [0.05, 0.1) is 5.56 Å². The van der Waals surface area contributed by atoms with Gasteiger partial charge in [-0.25, -0.2) is 9.78 Å². The first kappa shape index (κ1) is 12.9. The fourth-order valence-corrected chi connectivity index (χ4v) is 2.59. The number of nitrogens with zero attached hydrogens (tertiary/aromatic N) is 1. The third-order valence-electron chi connectivity index (χ3n) is 3.74. The molecule has 4 heteroatoms. The Hall–Kier alpha value is -1.58. The largest absolute Gasteiger partial charge is 0.478 e. The molecule has 0 radical (unpaired) electrons. The molecule has 0 bridgehead atoms. The van der Waals surface area contributed by atoms with E-state index in [1.54, 1.807) is 12.1 Å². The number of hydrogen-bond acceptors (Lipinski definition) is 3. The van der Waals surface area contributed by atoms with Crippen molar-refractivity contribution in [3.8, 4) is 0 Å². The number of aromatic carboxylic acids is 1. The van der Waals surface area contributed by atoms with Gasteiger partial charge in [0.15, 0.2) is 0 Å². The summed E-state index contributed by atoms with van der Waals surface area (Å²) in [5, 5.41) is 12.2. The van der Waals surface area contributed by atoms with E-state index in [-0.39, 0.29) is 5.56 Å². The van der Waals surface area contributed by atoms with E-state index >= 15 is 0 Å². The minimum Gasteiger partial charge on any atom is -0.478 e. The van der Waals surface area contributed by atoms with Gasteiger partial charge in [0.25, 0.3) is 0 Å². The Morgan fingerprint density at radius 3 is 2.67 bits per heavy atom. The molecule has 1 aliphatic rings. The van der Waals surface area contributed by atoms with Crippen molar-refractivity contribution < 1.29 is 9.90 Å². The molecule has 0 aromatic carbocycles. The second-order valence-corrected chi connectivity index (χ2v) is 5.07. The fourth-order valence-electron chi connectivity index (χ4n) is 2.59. The lowest BCUT2D eigenvalue weighted by atomic mass is 9.84. The van der Waals surface area contributed by atoms with Gasteiger partial charge in [-0.15, -0.1) is 0 Å². The Labute approximate surface area is 107 Å². The molecule has 0 saturated heterocycles. The smallest absolute Gasteiger partial charge is 0.337 e. The summed E-state index contributed by atoms with van der Waals surface area (Å²) in [4.78, 5) is 14.9. The number of nitrogens with one attached hydrogen (secondary N) is 1. The maximum atomic E-state index is 10.7. The van der Waals surface area contributed by atoms with Crippen molar-refractivity contribution in [3.05, 3.63) is 23.9 Å². The van der Waals surface area contributed by atoms with Crippen LogP contribution in [0.5, 0.6) is 0 Å². The molecule has 98 valence electrons. The topological polar surface area (TPSA) is 62.2 Å². The number of pyridine rings is 1. The Morgan fingerprint density at radius 2 is 2.11 bits per heavy atom. The molecule has 1 unspecified atom stereocenters. The molecule has 1 atom stereocenters. The lowest BCUT2D eigenvalue weighted by Gasteiger charge is -2.28. The third kappa shape index (κ3) is 3.22. The van der Waals surface area contributed by atoms with Crippen molar-refractivity contribution >= 4 is 11.8 Å². The van der Waals surface area contributed by atoms with Crippen molar-refractivity contribution in [1.29, 1.82) is 0 Å².